The zero-order valence-electron chi connectivity index (χ0n) is 13.4. The third kappa shape index (κ3) is 3.24. The molecule has 2 aromatic carbocycles. The van der Waals surface area contributed by atoms with E-state index in [1.807, 2.05) is 6.92 Å². The lowest BCUT2D eigenvalue weighted by molar-refractivity contribution is -0.133. The van der Waals surface area contributed by atoms with Gasteiger partial charge < -0.3 is 14.2 Å². The van der Waals surface area contributed by atoms with Crippen LogP contribution in [-0.2, 0) is 16.0 Å². The van der Waals surface area contributed by atoms with Crippen LogP contribution < -0.4 is 14.2 Å². The highest BCUT2D eigenvalue weighted by Crippen LogP contribution is 2.48. The molecule has 5 nitrogen and oxygen atoms in total. The van der Waals surface area contributed by atoms with Crippen molar-refractivity contribution in [2.24, 2.45) is 0 Å². The predicted molar refractivity (Wildman–Crippen MR) is 87.5 cm³/mol. The summed E-state index contributed by atoms with van der Waals surface area (Å²) in [6.07, 6.45) is 0.516. The van der Waals surface area contributed by atoms with Gasteiger partial charge in [0.1, 0.15) is 5.75 Å². The summed E-state index contributed by atoms with van der Waals surface area (Å²) >= 11 is 6.29. The summed E-state index contributed by atoms with van der Waals surface area (Å²) in [6.45, 7) is 4.51. The van der Waals surface area contributed by atoms with Crippen molar-refractivity contribution in [2.75, 3.05) is 7.11 Å². The predicted octanol–water partition coefficient (Wildman–Crippen LogP) is 3.91. The Bertz CT molecular complexity index is 782. The molecule has 0 aliphatic heterocycles. The first kappa shape index (κ1) is 17.1. The van der Waals surface area contributed by atoms with Crippen LogP contribution in [0.3, 0.4) is 0 Å². The molecule has 0 spiro atoms. The molecule has 0 saturated carbocycles. The van der Waals surface area contributed by atoms with E-state index in [0.717, 1.165) is 0 Å². The standard InChI is InChI=1S/C17H17ClO5/c1-5-11-15(22-9(2)19)12-7-6-8-13(18)14(12)17(16(11)21-4)23-10(3)20/h6-8H,5H2,1-4H3. The van der Waals surface area contributed by atoms with Gasteiger partial charge in [-0.05, 0) is 12.5 Å². The zero-order valence-corrected chi connectivity index (χ0v) is 14.1. The number of methoxy groups -OCH3 is 1. The zero-order chi connectivity index (χ0) is 17.1. The summed E-state index contributed by atoms with van der Waals surface area (Å²) in [5.41, 5.74) is 0.633. The molecule has 0 fully saturated rings. The maximum atomic E-state index is 11.5. The molecule has 23 heavy (non-hydrogen) atoms. The van der Waals surface area contributed by atoms with Crippen molar-refractivity contribution < 1.29 is 23.8 Å². The third-order valence-electron chi connectivity index (χ3n) is 3.29. The number of carbonyl (C=O) groups is 2. The molecule has 0 radical (unpaired) electrons. The van der Waals surface area contributed by atoms with Crippen LogP contribution >= 0.6 is 11.6 Å². The average molecular weight is 337 g/mol. The Labute approximate surface area is 139 Å². The summed E-state index contributed by atoms with van der Waals surface area (Å²) in [7, 11) is 1.46. The molecule has 0 unspecified atom stereocenters. The number of benzene rings is 2. The molecule has 0 saturated heterocycles. The topological polar surface area (TPSA) is 61.8 Å². The van der Waals surface area contributed by atoms with Gasteiger partial charge in [0.2, 0.25) is 0 Å². The smallest absolute Gasteiger partial charge is 0.308 e. The van der Waals surface area contributed by atoms with Gasteiger partial charge in [0.05, 0.1) is 17.5 Å². The number of esters is 2. The summed E-state index contributed by atoms with van der Waals surface area (Å²) in [5, 5.41) is 1.42. The van der Waals surface area contributed by atoms with Gasteiger partial charge in [-0.3, -0.25) is 9.59 Å². The van der Waals surface area contributed by atoms with Crippen LogP contribution in [0.1, 0.15) is 26.3 Å². The molecule has 0 amide bonds. The average Bonchev–Trinajstić information content (AvgIpc) is 2.48. The normalized spacial score (nSPS) is 10.5. The first-order chi connectivity index (χ1) is 10.9. The number of hydrogen-bond donors (Lipinski definition) is 0. The van der Waals surface area contributed by atoms with Gasteiger partial charge in [0.25, 0.3) is 0 Å². The van der Waals surface area contributed by atoms with Crippen molar-refractivity contribution in [3.8, 4) is 17.2 Å². The molecular formula is C17H17ClO5. The van der Waals surface area contributed by atoms with E-state index in [1.165, 1.54) is 21.0 Å². The molecule has 6 heteroatoms. The maximum absolute atomic E-state index is 11.5. The van der Waals surface area contributed by atoms with Crippen molar-refractivity contribution in [3.63, 3.8) is 0 Å². The van der Waals surface area contributed by atoms with Gasteiger partial charge in [-0.2, -0.15) is 0 Å². The van der Waals surface area contributed by atoms with Crippen LogP contribution in [0, 0.1) is 0 Å². The van der Waals surface area contributed by atoms with E-state index in [-0.39, 0.29) is 5.75 Å². The minimum atomic E-state index is -0.494. The van der Waals surface area contributed by atoms with Crippen LogP contribution in [0.4, 0.5) is 0 Å². The molecule has 0 heterocycles. The molecule has 2 aromatic rings. The van der Waals surface area contributed by atoms with E-state index < -0.39 is 11.9 Å². The van der Waals surface area contributed by atoms with E-state index in [1.54, 1.807) is 18.2 Å². The third-order valence-corrected chi connectivity index (χ3v) is 3.60. The fourth-order valence-electron chi connectivity index (χ4n) is 2.50. The van der Waals surface area contributed by atoms with Crippen molar-refractivity contribution in [2.45, 2.75) is 27.2 Å². The number of rotatable bonds is 4. The van der Waals surface area contributed by atoms with E-state index in [0.29, 0.717) is 39.3 Å². The van der Waals surface area contributed by atoms with Gasteiger partial charge >= 0.3 is 11.9 Å². The Hall–Kier alpha value is -2.27. The summed E-state index contributed by atoms with van der Waals surface area (Å²) in [5.74, 6) is -0.0202. The number of fused-ring (bicyclic) bond motifs is 1. The van der Waals surface area contributed by atoms with Gasteiger partial charge in [-0.1, -0.05) is 30.7 Å². The Morgan fingerprint density at radius 1 is 1.04 bits per heavy atom. The van der Waals surface area contributed by atoms with Crippen LogP contribution in [0.2, 0.25) is 5.02 Å². The summed E-state index contributed by atoms with van der Waals surface area (Å²) in [4.78, 5) is 23.0. The van der Waals surface area contributed by atoms with Crippen molar-refractivity contribution in [1.29, 1.82) is 0 Å². The van der Waals surface area contributed by atoms with Crippen LogP contribution in [0.25, 0.3) is 10.8 Å². The van der Waals surface area contributed by atoms with Crippen LogP contribution in [-0.4, -0.2) is 19.0 Å². The first-order valence-corrected chi connectivity index (χ1v) is 7.46. The maximum Gasteiger partial charge on any atom is 0.308 e. The SMILES string of the molecule is CCc1c(OC)c(OC(C)=O)c2c(Cl)cccc2c1OC(C)=O. The fraction of sp³-hybridized carbons (Fsp3) is 0.294. The Balaban J connectivity index is 2.98. The Morgan fingerprint density at radius 2 is 1.65 bits per heavy atom. The van der Waals surface area contributed by atoms with E-state index in [2.05, 4.69) is 0 Å². The van der Waals surface area contributed by atoms with Gasteiger partial charge in [-0.15, -0.1) is 0 Å². The number of halogens is 1. The second-order valence-corrected chi connectivity index (χ2v) is 5.28. The lowest BCUT2D eigenvalue weighted by Crippen LogP contribution is -2.09. The quantitative estimate of drug-likeness (QED) is 0.625. The van der Waals surface area contributed by atoms with Gasteiger partial charge in [-0.25, -0.2) is 0 Å². The van der Waals surface area contributed by atoms with E-state index in [4.69, 9.17) is 25.8 Å². The minimum Gasteiger partial charge on any atom is -0.492 e. The molecular weight excluding hydrogens is 320 g/mol. The number of hydrogen-bond acceptors (Lipinski definition) is 5. The Kier molecular flexibility index (Phi) is 5.11. The number of ether oxygens (including phenoxy) is 3. The van der Waals surface area contributed by atoms with Gasteiger partial charge in [0.15, 0.2) is 11.5 Å². The second kappa shape index (κ2) is 6.87. The van der Waals surface area contributed by atoms with E-state index in [9.17, 15) is 9.59 Å². The van der Waals surface area contributed by atoms with Crippen LogP contribution in [0.15, 0.2) is 18.2 Å². The van der Waals surface area contributed by atoms with Crippen molar-refractivity contribution >= 4 is 34.3 Å². The highest BCUT2D eigenvalue weighted by Gasteiger charge is 2.25. The number of carbonyl (C=O) groups excluding carboxylic acids is 2. The lowest BCUT2D eigenvalue weighted by Gasteiger charge is -2.19. The molecule has 0 N–H and O–H groups in total. The fourth-order valence-corrected chi connectivity index (χ4v) is 2.76. The second-order valence-electron chi connectivity index (χ2n) is 4.87. The molecule has 0 aromatic heterocycles. The summed E-state index contributed by atoms with van der Waals surface area (Å²) in [6, 6.07) is 5.16. The highest BCUT2D eigenvalue weighted by molar-refractivity contribution is 6.36. The molecule has 0 bridgehead atoms. The first-order valence-electron chi connectivity index (χ1n) is 7.08. The monoisotopic (exact) mass is 336 g/mol. The molecule has 122 valence electrons. The van der Waals surface area contributed by atoms with E-state index >= 15 is 0 Å². The molecule has 2 rings (SSSR count). The van der Waals surface area contributed by atoms with Crippen LogP contribution in [0.5, 0.6) is 17.2 Å². The van der Waals surface area contributed by atoms with Crippen molar-refractivity contribution in [1.82, 2.24) is 0 Å². The largest absolute Gasteiger partial charge is 0.492 e. The highest BCUT2D eigenvalue weighted by atomic mass is 35.5. The van der Waals surface area contributed by atoms with Gasteiger partial charge in [0, 0.05) is 24.8 Å². The van der Waals surface area contributed by atoms with Crippen molar-refractivity contribution in [3.05, 3.63) is 28.8 Å². The molecule has 0 aliphatic rings. The minimum absolute atomic E-state index is 0.230. The molecule has 0 atom stereocenters. The Morgan fingerprint density at radius 3 is 2.17 bits per heavy atom. The lowest BCUT2D eigenvalue weighted by atomic mass is 10.0. The summed E-state index contributed by atoms with van der Waals surface area (Å²) < 4.78 is 16.2. The molecule has 0 aliphatic carbocycles.